The van der Waals surface area contributed by atoms with Crippen LogP contribution in [0.2, 0.25) is 0 Å². The van der Waals surface area contributed by atoms with Gasteiger partial charge in [-0.1, -0.05) is 205 Å². The van der Waals surface area contributed by atoms with Crippen molar-refractivity contribution < 1.29 is 28.0 Å². The second kappa shape index (κ2) is 46.3. The van der Waals surface area contributed by atoms with Crippen LogP contribution in [0.1, 0.15) is 102 Å². The fourth-order valence-corrected chi connectivity index (χ4v) is 14.2. The summed E-state index contributed by atoms with van der Waals surface area (Å²) in [5, 5.41) is 33.3. The van der Waals surface area contributed by atoms with Crippen LogP contribution in [0, 0.1) is 53.2 Å². The molecular formula is C104H106F2N20O4. The van der Waals surface area contributed by atoms with Crippen molar-refractivity contribution in [1.29, 1.82) is 0 Å². The summed E-state index contributed by atoms with van der Waals surface area (Å²) in [5.41, 5.74) is 18.8. The average molecular weight is 1740 g/mol. The van der Waals surface area contributed by atoms with Crippen molar-refractivity contribution in [2.45, 2.75) is 91.4 Å². The van der Waals surface area contributed by atoms with E-state index in [4.69, 9.17) is 0 Å². The number of amides is 4. The van der Waals surface area contributed by atoms with Crippen LogP contribution in [-0.2, 0) is 59.0 Å². The molecule has 0 saturated carbocycles. The molecule has 0 spiro atoms. The van der Waals surface area contributed by atoms with Gasteiger partial charge in [-0.2, -0.15) is 10.2 Å². The molecule has 24 nitrogen and oxygen atoms in total. The van der Waals surface area contributed by atoms with Crippen molar-refractivity contribution in [2.75, 3.05) is 47.4 Å². The summed E-state index contributed by atoms with van der Waals surface area (Å²) in [6.07, 6.45) is 24.2. The van der Waals surface area contributed by atoms with Crippen LogP contribution in [0.3, 0.4) is 0 Å². The Morgan fingerprint density at radius 3 is 0.869 bits per heavy atom. The zero-order valence-electron chi connectivity index (χ0n) is 73.9. The molecule has 4 amide bonds. The molecule has 16 aromatic rings. The van der Waals surface area contributed by atoms with Crippen molar-refractivity contribution in [1.82, 2.24) is 79.9 Å². The van der Waals surface area contributed by atoms with Crippen LogP contribution in [0.4, 0.5) is 32.1 Å². The summed E-state index contributed by atoms with van der Waals surface area (Å²) >= 11 is 0. The molecule has 0 saturated heterocycles. The Bertz CT molecular complexity index is 5900. The number of nitrogens with one attached hydrogen (secondary N) is 8. The second-order valence-electron chi connectivity index (χ2n) is 31.6. The average Bonchev–Trinajstić information content (AvgIpc) is 1.71. The van der Waals surface area contributed by atoms with E-state index in [0.29, 0.717) is 73.4 Å². The van der Waals surface area contributed by atoms with Gasteiger partial charge in [0.2, 0.25) is 23.6 Å². The molecule has 8 aromatic heterocycles. The summed E-state index contributed by atoms with van der Waals surface area (Å²) in [5.74, 6) is 0.747. The van der Waals surface area contributed by atoms with Crippen molar-refractivity contribution in [2.24, 2.45) is 14.1 Å². The highest BCUT2D eigenvalue weighted by Gasteiger charge is 2.26. The number of hydrogen-bond donors (Lipinski definition) is 8. The van der Waals surface area contributed by atoms with Gasteiger partial charge in [0.15, 0.2) is 0 Å². The summed E-state index contributed by atoms with van der Waals surface area (Å²) in [6.45, 7) is 14.0. The van der Waals surface area contributed by atoms with E-state index in [-0.39, 0.29) is 35.3 Å². The third kappa shape index (κ3) is 27.4. The highest BCUT2D eigenvalue weighted by atomic mass is 19.1. The molecule has 8 aromatic carbocycles. The van der Waals surface area contributed by atoms with Crippen LogP contribution >= 0.6 is 0 Å². The molecule has 0 unspecified atom stereocenters. The fraction of sp³-hybridized carbons (Fsp3) is 0.192. The summed E-state index contributed by atoms with van der Waals surface area (Å²) in [7, 11) is 3.71. The van der Waals surface area contributed by atoms with Gasteiger partial charge in [-0.3, -0.25) is 28.5 Å². The number of anilines is 4. The van der Waals surface area contributed by atoms with Gasteiger partial charge in [0.05, 0.1) is 60.2 Å². The number of pyridine rings is 4. The fourth-order valence-electron chi connectivity index (χ4n) is 14.2. The standard InChI is InChI=1S/2C26H26FN5O.2C26H27N5O/c2*1-18-8-9-19(23(27)14-18)12-13-28-25(20-6-4-3-5-7-20)26(33)31-24-11-10-21(15-29-24)22-16-30-32(2)17-22;2*1-19-8-10-21(11-9-19)14-15-27-25(22-6-4-3-5-7-22)26(32)30-24-13-12-23(16-28-24)31-17-20(2)29-18-31/h2*3-11,14-17,25,28H,12-13H2,1-2H3,(H,29,31,33);2*3-13,16-18,25,27H,14-15H2,1-2H3,(H,28,30,32)/t4*25-/m1010/s1. The molecule has 0 bridgehead atoms. The predicted molar refractivity (Wildman–Crippen MR) is 508 cm³/mol. The zero-order valence-corrected chi connectivity index (χ0v) is 73.9. The van der Waals surface area contributed by atoms with E-state index in [1.54, 1.807) is 95.6 Å². The molecule has 0 aliphatic carbocycles. The van der Waals surface area contributed by atoms with Gasteiger partial charge in [0.25, 0.3) is 0 Å². The van der Waals surface area contributed by atoms with Crippen molar-refractivity contribution in [3.8, 4) is 33.6 Å². The Balaban J connectivity index is 0.000000148. The van der Waals surface area contributed by atoms with Gasteiger partial charge in [-0.25, -0.2) is 38.7 Å². The number of rotatable bonds is 32. The van der Waals surface area contributed by atoms with E-state index < -0.39 is 24.2 Å². The first kappa shape index (κ1) is 92.4. The van der Waals surface area contributed by atoms with Crippen LogP contribution in [0.15, 0.2) is 329 Å². The lowest BCUT2D eigenvalue weighted by atomic mass is 10.0. The molecule has 0 fully saturated rings. The SMILES string of the molecule is Cc1ccc(CCN[C@@H](C(=O)Nc2ccc(-c3cnn(C)c3)cn2)c2ccccc2)c(F)c1.Cc1ccc(CCN[C@@H](C(=O)Nc2ccc(-n3cnc(C)c3)cn2)c2ccccc2)cc1.Cc1ccc(CCN[C@H](C(=O)Nc2ccc(-c3cnn(C)c3)cn2)c2ccccc2)c(F)c1.Cc1ccc(CCN[C@H](C(=O)Nc2ccc(-n3cnc(C)c3)cn2)c2ccccc2)cc1. The first-order valence-corrected chi connectivity index (χ1v) is 43.0. The highest BCUT2D eigenvalue weighted by Crippen LogP contribution is 2.26. The second-order valence-corrected chi connectivity index (χ2v) is 31.6. The number of aromatic nitrogens is 12. The van der Waals surface area contributed by atoms with Gasteiger partial charge in [0.1, 0.15) is 59.1 Å². The molecule has 16 rings (SSSR count). The molecule has 8 heterocycles. The Hall–Kier alpha value is -15.2. The smallest absolute Gasteiger partial charge is 0.247 e. The van der Waals surface area contributed by atoms with E-state index in [1.807, 2.05) is 233 Å². The van der Waals surface area contributed by atoms with Crippen molar-refractivity contribution >= 4 is 46.9 Å². The van der Waals surface area contributed by atoms with Gasteiger partial charge < -0.3 is 51.7 Å². The molecule has 0 aliphatic rings. The minimum Gasteiger partial charge on any atom is -0.309 e. The molecule has 0 radical (unpaired) electrons. The monoisotopic (exact) mass is 1740 g/mol. The number of nitrogens with zero attached hydrogens (tertiary/aromatic N) is 12. The first-order valence-electron chi connectivity index (χ1n) is 43.0. The maximum atomic E-state index is 14.2. The first-order chi connectivity index (χ1) is 63.1. The van der Waals surface area contributed by atoms with Gasteiger partial charge in [0, 0.05) is 99.7 Å². The van der Waals surface area contributed by atoms with Crippen LogP contribution in [-0.4, -0.2) is 108 Å². The topological polar surface area (TPSA) is 287 Å². The van der Waals surface area contributed by atoms with E-state index in [2.05, 4.69) is 145 Å². The summed E-state index contributed by atoms with van der Waals surface area (Å²) in [6, 6.07) is 78.4. The van der Waals surface area contributed by atoms with Crippen molar-refractivity contribution in [3.63, 3.8) is 0 Å². The number of carbonyl (C=O) groups excluding carboxylic acids is 4. The van der Waals surface area contributed by atoms with Crippen LogP contribution < -0.4 is 42.5 Å². The maximum absolute atomic E-state index is 14.2. The van der Waals surface area contributed by atoms with Gasteiger partial charge >= 0.3 is 0 Å². The zero-order chi connectivity index (χ0) is 91.1. The lowest BCUT2D eigenvalue weighted by Gasteiger charge is -2.19. The number of hydrogen-bond acceptors (Lipinski definition) is 16. The third-order valence-electron chi connectivity index (χ3n) is 21.4. The van der Waals surface area contributed by atoms with E-state index in [1.165, 1.54) is 34.4 Å². The molecule has 660 valence electrons. The Morgan fingerprint density at radius 1 is 0.308 bits per heavy atom. The number of benzene rings is 8. The Kier molecular flexibility index (Phi) is 32.9. The lowest BCUT2D eigenvalue weighted by molar-refractivity contribution is -0.119. The Morgan fingerprint density at radius 2 is 0.608 bits per heavy atom. The highest BCUT2D eigenvalue weighted by molar-refractivity contribution is 5.97. The quantitative estimate of drug-likeness (QED) is 0.0194. The summed E-state index contributed by atoms with van der Waals surface area (Å²) in [4.78, 5) is 78.6. The molecule has 26 heteroatoms. The molecular weight excluding hydrogens is 1630 g/mol. The van der Waals surface area contributed by atoms with E-state index >= 15 is 0 Å². The molecule has 0 aliphatic heterocycles. The normalized spacial score (nSPS) is 11.8. The maximum Gasteiger partial charge on any atom is 0.247 e. The van der Waals surface area contributed by atoms with Crippen LogP contribution in [0.5, 0.6) is 0 Å². The Labute approximate surface area is 756 Å². The number of carbonyl (C=O) groups is 4. The van der Waals surface area contributed by atoms with Gasteiger partial charge in [-0.05, 0) is 184 Å². The molecule has 130 heavy (non-hydrogen) atoms. The van der Waals surface area contributed by atoms with E-state index in [0.717, 1.165) is 91.2 Å². The van der Waals surface area contributed by atoms with E-state index in [9.17, 15) is 28.0 Å². The predicted octanol–water partition coefficient (Wildman–Crippen LogP) is 17.7. The third-order valence-corrected chi connectivity index (χ3v) is 21.4. The lowest BCUT2D eigenvalue weighted by Crippen LogP contribution is -2.34. The number of aryl methyl sites for hydroxylation is 8. The number of imidazole rings is 2. The largest absolute Gasteiger partial charge is 0.309 e. The minimum atomic E-state index is -0.598. The number of halogens is 2. The van der Waals surface area contributed by atoms with Gasteiger partial charge in [-0.15, -0.1) is 0 Å². The van der Waals surface area contributed by atoms with Crippen LogP contribution in [0.25, 0.3) is 33.6 Å². The summed E-state index contributed by atoms with van der Waals surface area (Å²) < 4.78 is 35.6. The van der Waals surface area contributed by atoms with Crippen molar-refractivity contribution in [3.05, 3.63) is 419 Å². The molecule has 8 N–H and O–H groups in total. The molecule has 4 atom stereocenters. The minimum absolute atomic E-state index is 0.140.